The molecule has 0 unspecified atom stereocenters. The van der Waals surface area contributed by atoms with Gasteiger partial charge in [0.25, 0.3) is 0 Å². The molecule has 1 aromatic heterocycles. The third kappa shape index (κ3) is 2.89. The summed E-state index contributed by atoms with van der Waals surface area (Å²) >= 11 is 0. The van der Waals surface area contributed by atoms with Crippen molar-refractivity contribution in [1.82, 2.24) is 15.0 Å². The maximum atomic E-state index is 10.2. The van der Waals surface area contributed by atoms with Gasteiger partial charge in [-0.3, -0.25) is 4.79 Å². The summed E-state index contributed by atoms with van der Waals surface area (Å²) in [5.74, 6) is 0. The summed E-state index contributed by atoms with van der Waals surface area (Å²) in [5.41, 5.74) is 2.30. The second-order valence-corrected chi connectivity index (χ2v) is 3.64. The van der Waals surface area contributed by atoms with Crippen LogP contribution in [0, 0.1) is 11.3 Å². The van der Waals surface area contributed by atoms with E-state index in [1.54, 1.807) is 29.1 Å². The van der Waals surface area contributed by atoms with Gasteiger partial charge in [0.2, 0.25) is 0 Å². The van der Waals surface area contributed by atoms with Gasteiger partial charge in [0.15, 0.2) is 0 Å². The molecule has 0 aliphatic rings. The van der Waals surface area contributed by atoms with E-state index in [0.717, 1.165) is 5.56 Å². The summed E-state index contributed by atoms with van der Waals surface area (Å²) in [7, 11) is 0. The molecule has 0 atom stereocenters. The van der Waals surface area contributed by atoms with E-state index in [0.29, 0.717) is 24.1 Å². The Bertz CT molecular complexity index is 605. The molecule has 0 fully saturated rings. The van der Waals surface area contributed by atoms with E-state index >= 15 is 0 Å². The van der Waals surface area contributed by atoms with Gasteiger partial charge in [-0.25, -0.2) is 4.68 Å². The highest BCUT2D eigenvalue weighted by atomic mass is 16.1. The average Bonchev–Trinajstić information content (AvgIpc) is 2.85. The van der Waals surface area contributed by atoms with Crippen molar-refractivity contribution in [1.29, 1.82) is 5.26 Å². The molecule has 0 saturated carbocycles. The number of carbonyl (C=O) groups excluding carboxylic acids is 1. The predicted octanol–water partition coefficient (Wildman–Crippen LogP) is 1.41. The molecule has 0 radical (unpaired) electrons. The minimum Gasteiger partial charge on any atom is -0.299 e. The quantitative estimate of drug-likeness (QED) is 0.596. The Balaban J connectivity index is 2.09. The molecule has 88 valence electrons. The molecule has 0 bridgehead atoms. The molecule has 18 heavy (non-hydrogen) atoms. The molecule has 0 saturated heterocycles. The van der Waals surface area contributed by atoms with Crippen molar-refractivity contribution in [3.63, 3.8) is 0 Å². The van der Waals surface area contributed by atoms with Crippen molar-refractivity contribution in [2.24, 2.45) is 0 Å². The first-order valence-corrected chi connectivity index (χ1v) is 5.33. The standard InChI is InChI=1S/C13H10N4O/c14-8-11-3-5-12(6-4-11)9-17-10-13(15-16-17)2-1-7-18/h1-7,10H,9H2. The number of hydrogen-bond donors (Lipinski definition) is 0. The van der Waals surface area contributed by atoms with E-state index in [-0.39, 0.29) is 0 Å². The molecule has 0 aliphatic carbocycles. The van der Waals surface area contributed by atoms with Gasteiger partial charge in [0, 0.05) is 0 Å². The molecule has 1 heterocycles. The molecule has 0 spiro atoms. The maximum absolute atomic E-state index is 10.2. The number of aldehydes is 1. The lowest BCUT2D eigenvalue weighted by atomic mass is 10.1. The lowest BCUT2D eigenvalue weighted by Crippen LogP contribution is -2.00. The maximum Gasteiger partial charge on any atom is 0.142 e. The van der Waals surface area contributed by atoms with Crippen LogP contribution < -0.4 is 0 Å². The van der Waals surface area contributed by atoms with Crippen molar-refractivity contribution >= 4 is 12.4 Å². The highest BCUT2D eigenvalue weighted by Gasteiger charge is 1.99. The monoisotopic (exact) mass is 238 g/mol. The van der Waals surface area contributed by atoms with Crippen LogP contribution in [0.2, 0.25) is 0 Å². The van der Waals surface area contributed by atoms with Gasteiger partial charge >= 0.3 is 0 Å². The fourth-order valence-electron chi connectivity index (χ4n) is 1.48. The minimum atomic E-state index is 0.577. The Morgan fingerprint density at radius 3 is 2.78 bits per heavy atom. The number of carbonyl (C=O) groups is 1. The van der Waals surface area contributed by atoms with E-state index in [2.05, 4.69) is 16.4 Å². The van der Waals surface area contributed by atoms with Crippen LogP contribution in [0.1, 0.15) is 16.8 Å². The summed E-state index contributed by atoms with van der Waals surface area (Å²) in [6, 6.07) is 9.35. The Morgan fingerprint density at radius 2 is 2.11 bits per heavy atom. The molecular weight excluding hydrogens is 228 g/mol. The van der Waals surface area contributed by atoms with Gasteiger partial charge in [-0.2, -0.15) is 5.26 Å². The molecule has 2 rings (SSSR count). The van der Waals surface area contributed by atoms with Crippen LogP contribution in [0.5, 0.6) is 0 Å². The fourth-order valence-corrected chi connectivity index (χ4v) is 1.48. The normalized spacial score (nSPS) is 10.4. The van der Waals surface area contributed by atoms with Crippen molar-refractivity contribution in [3.8, 4) is 6.07 Å². The van der Waals surface area contributed by atoms with Gasteiger partial charge in [-0.1, -0.05) is 17.3 Å². The third-order valence-corrected chi connectivity index (χ3v) is 2.33. The van der Waals surface area contributed by atoms with Crippen molar-refractivity contribution < 1.29 is 4.79 Å². The molecule has 5 nitrogen and oxygen atoms in total. The summed E-state index contributed by atoms with van der Waals surface area (Å²) in [6.07, 6.45) is 5.41. The molecule has 0 aliphatic heterocycles. The summed E-state index contributed by atoms with van der Waals surface area (Å²) in [6.45, 7) is 0.577. The first-order valence-electron chi connectivity index (χ1n) is 5.33. The van der Waals surface area contributed by atoms with Crippen LogP contribution >= 0.6 is 0 Å². The number of hydrogen-bond acceptors (Lipinski definition) is 4. The third-order valence-electron chi connectivity index (χ3n) is 2.33. The fraction of sp³-hybridized carbons (Fsp3) is 0.0769. The van der Waals surface area contributed by atoms with E-state index in [1.165, 1.54) is 6.08 Å². The number of rotatable bonds is 4. The van der Waals surface area contributed by atoms with Crippen LogP contribution in [0.25, 0.3) is 6.08 Å². The van der Waals surface area contributed by atoms with Gasteiger partial charge in [0.1, 0.15) is 12.0 Å². The van der Waals surface area contributed by atoms with Crippen LogP contribution in [0.15, 0.2) is 36.5 Å². The Kier molecular flexibility index (Phi) is 3.62. The van der Waals surface area contributed by atoms with Crippen LogP contribution in [-0.4, -0.2) is 21.3 Å². The second-order valence-electron chi connectivity index (χ2n) is 3.64. The number of benzene rings is 1. The molecule has 1 aromatic carbocycles. The highest BCUT2D eigenvalue weighted by molar-refractivity contribution is 5.72. The number of nitrogens with zero attached hydrogens (tertiary/aromatic N) is 4. The molecule has 0 N–H and O–H groups in total. The first kappa shape index (κ1) is 11.7. The van der Waals surface area contributed by atoms with Crippen LogP contribution in [-0.2, 0) is 11.3 Å². The lowest BCUT2D eigenvalue weighted by Gasteiger charge is -2.00. The smallest absolute Gasteiger partial charge is 0.142 e. The van der Waals surface area contributed by atoms with Crippen molar-refractivity contribution in [3.05, 3.63) is 53.4 Å². The van der Waals surface area contributed by atoms with E-state index < -0.39 is 0 Å². The van der Waals surface area contributed by atoms with Gasteiger partial charge in [-0.05, 0) is 29.8 Å². The Labute approximate surface area is 104 Å². The molecular formula is C13H10N4O. The van der Waals surface area contributed by atoms with Crippen LogP contribution in [0.4, 0.5) is 0 Å². The summed E-state index contributed by atoms with van der Waals surface area (Å²) in [4.78, 5) is 10.2. The van der Waals surface area contributed by atoms with Gasteiger partial charge in [0.05, 0.1) is 24.4 Å². The van der Waals surface area contributed by atoms with E-state index in [1.807, 2.05) is 12.1 Å². The first-order chi connectivity index (χ1) is 8.81. The van der Waals surface area contributed by atoms with Crippen molar-refractivity contribution in [2.75, 3.05) is 0 Å². The SMILES string of the molecule is N#Cc1ccc(Cn2cc(C=CC=O)nn2)cc1. The minimum absolute atomic E-state index is 0.577. The lowest BCUT2D eigenvalue weighted by molar-refractivity contribution is -0.104. The average molecular weight is 238 g/mol. The summed E-state index contributed by atoms with van der Waals surface area (Å²) in [5, 5.41) is 16.5. The number of nitriles is 1. The molecule has 0 amide bonds. The molecule has 5 heteroatoms. The van der Waals surface area contributed by atoms with E-state index in [9.17, 15) is 4.79 Å². The van der Waals surface area contributed by atoms with Gasteiger partial charge in [-0.15, -0.1) is 5.10 Å². The zero-order chi connectivity index (χ0) is 12.8. The van der Waals surface area contributed by atoms with Crippen LogP contribution in [0.3, 0.4) is 0 Å². The zero-order valence-corrected chi connectivity index (χ0v) is 9.52. The predicted molar refractivity (Wildman–Crippen MR) is 65.4 cm³/mol. The molecule has 2 aromatic rings. The highest BCUT2D eigenvalue weighted by Crippen LogP contribution is 2.05. The van der Waals surface area contributed by atoms with E-state index in [4.69, 9.17) is 5.26 Å². The Morgan fingerprint density at radius 1 is 1.33 bits per heavy atom. The van der Waals surface area contributed by atoms with Gasteiger partial charge < -0.3 is 0 Å². The van der Waals surface area contributed by atoms with Crippen molar-refractivity contribution in [2.45, 2.75) is 6.54 Å². The topological polar surface area (TPSA) is 71.6 Å². The largest absolute Gasteiger partial charge is 0.299 e. The second kappa shape index (κ2) is 5.55. The zero-order valence-electron chi connectivity index (χ0n) is 9.52. The Hall–Kier alpha value is -2.74. The number of allylic oxidation sites excluding steroid dienone is 1. The summed E-state index contributed by atoms with van der Waals surface area (Å²) < 4.78 is 1.67. The number of aromatic nitrogens is 3.